The molecule has 2 N–H and O–H groups in total. The second-order valence-electron chi connectivity index (χ2n) is 5.21. The lowest BCUT2D eigenvalue weighted by atomic mass is 10.0. The van der Waals surface area contributed by atoms with E-state index < -0.39 is 5.54 Å². The zero-order valence-corrected chi connectivity index (χ0v) is 11.1. The minimum atomic E-state index is -0.425. The van der Waals surface area contributed by atoms with E-state index in [-0.39, 0.29) is 18.9 Å². The van der Waals surface area contributed by atoms with Crippen molar-refractivity contribution in [3.63, 3.8) is 0 Å². The summed E-state index contributed by atoms with van der Waals surface area (Å²) in [4.78, 5) is 12.0. The molecule has 0 unspecified atom stereocenters. The minimum Gasteiger partial charge on any atom is -0.396 e. The molecule has 0 spiro atoms. The van der Waals surface area contributed by atoms with E-state index in [1.165, 1.54) is 0 Å². The number of benzene rings is 1. The number of amides is 1. The molecule has 102 valence electrons. The van der Waals surface area contributed by atoms with E-state index in [1.807, 2.05) is 38.1 Å². The maximum atomic E-state index is 12.0. The summed E-state index contributed by atoms with van der Waals surface area (Å²) in [5.74, 6) is -0.127. The fourth-order valence-corrected chi connectivity index (χ4v) is 1.98. The quantitative estimate of drug-likeness (QED) is 0.859. The van der Waals surface area contributed by atoms with Crippen molar-refractivity contribution in [2.75, 3.05) is 6.61 Å². The van der Waals surface area contributed by atoms with Crippen molar-refractivity contribution < 1.29 is 14.4 Å². The molecule has 0 fully saturated rings. The van der Waals surface area contributed by atoms with Crippen LogP contribution in [0, 0.1) is 0 Å². The van der Waals surface area contributed by atoms with E-state index in [4.69, 9.17) is 9.63 Å². The van der Waals surface area contributed by atoms with Crippen LogP contribution in [-0.2, 0) is 11.2 Å². The Morgan fingerprint density at radius 1 is 1.42 bits per heavy atom. The van der Waals surface area contributed by atoms with Crippen LogP contribution in [0.2, 0.25) is 0 Å². The van der Waals surface area contributed by atoms with Crippen LogP contribution in [0.3, 0.4) is 0 Å². The van der Waals surface area contributed by atoms with Crippen LogP contribution in [0.4, 0.5) is 0 Å². The summed E-state index contributed by atoms with van der Waals surface area (Å²) in [6, 6.07) is 7.45. The SMILES string of the molecule is CC(C)(CCO)NC(=O)Cc1noc2ccccc12. The third kappa shape index (κ3) is 3.32. The third-order valence-corrected chi connectivity index (χ3v) is 2.99. The number of nitrogens with one attached hydrogen (secondary N) is 1. The molecule has 1 aromatic carbocycles. The molecule has 0 aliphatic rings. The number of carbonyl (C=O) groups excluding carboxylic acids is 1. The van der Waals surface area contributed by atoms with E-state index in [9.17, 15) is 4.79 Å². The predicted molar refractivity (Wildman–Crippen MR) is 71.6 cm³/mol. The van der Waals surface area contributed by atoms with Gasteiger partial charge in [0.1, 0.15) is 5.69 Å². The summed E-state index contributed by atoms with van der Waals surface area (Å²) in [7, 11) is 0. The Labute approximate surface area is 111 Å². The highest BCUT2D eigenvalue weighted by Crippen LogP contribution is 2.18. The average Bonchev–Trinajstić information content (AvgIpc) is 2.72. The normalized spacial score (nSPS) is 11.7. The summed E-state index contributed by atoms with van der Waals surface area (Å²) < 4.78 is 5.16. The first kappa shape index (κ1) is 13.5. The number of aromatic nitrogens is 1. The maximum Gasteiger partial charge on any atom is 0.226 e. The Balaban J connectivity index is 2.07. The van der Waals surface area contributed by atoms with Gasteiger partial charge in [-0.2, -0.15) is 0 Å². The highest BCUT2D eigenvalue weighted by molar-refractivity contribution is 5.86. The van der Waals surface area contributed by atoms with Gasteiger partial charge in [0.05, 0.1) is 6.42 Å². The molecular weight excluding hydrogens is 244 g/mol. The molecular formula is C14H18N2O3. The lowest BCUT2D eigenvalue weighted by Crippen LogP contribution is -2.44. The Kier molecular flexibility index (Phi) is 3.85. The molecule has 0 aliphatic heterocycles. The second-order valence-corrected chi connectivity index (χ2v) is 5.21. The largest absolute Gasteiger partial charge is 0.396 e. The predicted octanol–water partition coefficient (Wildman–Crippen LogP) is 1.65. The molecule has 1 amide bonds. The summed E-state index contributed by atoms with van der Waals surface area (Å²) >= 11 is 0. The molecule has 5 nitrogen and oxygen atoms in total. The van der Waals surface area contributed by atoms with E-state index in [0.29, 0.717) is 17.7 Å². The number of hydrogen-bond donors (Lipinski definition) is 2. The number of aliphatic hydroxyl groups excluding tert-OH is 1. The van der Waals surface area contributed by atoms with Crippen LogP contribution in [-0.4, -0.2) is 28.3 Å². The van der Waals surface area contributed by atoms with Gasteiger partial charge in [0.15, 0.2) is 5.58 Å². The maximum absolute atomic E-state index is 12.0. The van der Waals surface area contributed by atoms with E-state index in [2.05, 4.69) is 10.5 Å². The van der Waals surface area contributed by atoms with Crippen molar-refractivity contribution in [1.82, 2.24) is 10.5 Å². The molecule has 1 heterocycles. The van der Waals surface area contributed by atoms with Crippen molar-refractivity contribution in [3.05, 3.63) is 30.0 Å². The lowest BCUT2D eigenvalue weighted by Gasteiger charge is -2.25. The van der Waals surface area contributed by atoms with Gasteiger partial charge in [-0.3, -0.25) is 4.79 Å². The smallest absolute Gasteiger partial charge is 0.226 e. The van der Waals surface area contributed by atoms with Gasteiger partial charge in [-0.05, 0) is 32.4 Å². The lowest BCUT2D eigenvalue weighted by molar-refractivity contribution is -0.122. The summed E-state index contributed by atoms with van der Waals surface area (Å²) in [5.41, 5.74) is 0.888. The summed E-state index contributed by atoms with van der Waals surface area (Å²) in [6.07, 6.45) is 0.685. The van der Waals surface area contributed by atoms with Crippen LogP contribution in [0.1, 0.15) is 26.0 Å². The highest BCUT2D eigenvalue weighted by Gasteiger charge is 2.21. The topological polar surface area (TPSA) is 75.4 Å². The van der Waals surface area contributed by atoms with Crippen LogP contribution < -0.4 is 5.32 Å². The van der Waals surface area contributed by atoms with Crippen molar-refractivity contribution in [1.29, 1.82) is 0 Å². The number of para-hydroxylation sites is 1. The molecule has 0 saturated heterocycles. The van der Waals surface area contributed by atoms with Gasteiger partial charge in [-0.25, -0.2) is 0 Å². The van der Waals surface area contributed by atoms with Gasteiger partial charge in [-0.15, -0.1) is 0 Å². The Morgan fingerprint density at radius 3 is 2.89 bits per heavy atom. The number of nitrogens with zero attached hydrogens (tertiary/aromatic N) is 1. The molecule has 0 atom stereocenters. The van der Waals surface area contributed by atoms with Crippen molar-refractivity contribution in [3.8, 4) is 0 Å². The molecule has 2 rings (SSSR count). The first-order chi connectivity index (χ1) is 9.02. The van der Waals surface area contributed by atoms with Gasteiger partial charge in [-0.1, -0.05) is 17.3 Å². The summed E-state index contributed by atoms with van der Waals surface area (Å²) in [6.45, 7) is 3.80. The van der Waals surface area contributed by atoms with Crippen LogP contribution in [0.15, 0.2) is 28.8 Å². The van der Waals surface area contributed by atoms with Crippen molar-refractivity contribution in [2.24, 2.45) is 0 Å². The number of fused-ring (bicyclic) bond motifs is 1. The Hall–Kier alpha value is -1.88. The molecule has 1 aromatic heterocycles. The molecule has 0 aliphatic carbocycles. The first-order valence-corrected chi connectivity index (χ1v) is 6.27. The van der Waals surface area contributed by atoms with Crippen molar-refractivity contribution >= 4 is 16.9 Å². The second kappa shape index (κ2) is 5.40. The molecule has 0 radical (unpaired) electrons. The van der Waals surface area contributed by atoms with Gasteiger partial charge in [0.2, 0.25) is 5.91 Å². The van der Waals surface area contributed by atoms with E-state index in [0.717, 1.165) is 5.39 Å². The van der Waals surface area contributed by atoms with Crippen LogP contribution in [0.25, 0.3) is 11.0 Å². The fourth-order valence-electron chi connectivity index (χ4n) is 1.98. The number of aliphatic hydroxyl groups is 1. The van der Waals surface area contributed by atoms with Gasteiger partial charge in [0.25, 0.3) is 0 Å². The van der Waals surface area contributed by atoms with Crippen molar-refractivity contribution in [2.45, 2.75) is 32.2 Å². The van der Waals surface area contributed by atoms with E-state index >= 15 is 0 Å². The summed E-state index contributed by atoms with van der Waals surface area (Å²) in [5, 5.41) is 16.6. The van der Waals surface area contributed by atoms with E-state index in [1.54, 1.807) is 0 Å². The fraction of sp³-hybridized carbons (Fsp3) is 0.429. The Morgan fingerprint density at radius 2 is 2.16 bits per heavy atom. The standard InChI is InChI=1S/C14H18N2O3/c1-14(2,7-8-17)15-13(18)9-11-10-5-3-4-6-12(10)19-16-11/h3-6,17H,7-9H2,1-2H3,(H,15,18). The molecule has 0 saturated carbocycles. The zero-order valence-electron chi connectivity index (χ0n) is 11.1. The monoisotopic (exact) mass is 262 g/mol. The average molecular weight is 262 g/mol. The van der Waals surface area contributed by atoms with Crippen LogP contribution in [0.5, 0.6) is 0 Å². The molecule has 19 heavy (non-hydrogen) atoms. The van der Waals surface area contributed by atoms with Gasteiger partial charge < -0.3 is 14.9 Å². The molecule has 2 aromatic rings. The number of hydrogen-bond acceptors (Lipinski definition) is 4. The third-order valence-electron chi connectivity index (χ3n) is 2.99. The van der Waals surface area contributed by atoms with Gasteiger partial charge >= 0.3 is 0 Å². The number of rotatable bonds is 5. The Bertz CT molecular complexity index is 575. The van der Waals surface area contributed by atoms with Gasteiger partial charge in [0, 0.05) is 17.5 Å². The zero-order chi connectivity index (χ0) is 13.9. The highest BCUT2D eigenvalue weighted by atomic mass is 16.5. The molecule has 0 bridgehead atoms. The minimum absolute atomic E-state index is 0.0418. The van der Waals surface area contributed by atoms with Crippen LogP contribution >= 0.6 is 0 Å². The number of carbonyl (C=O) groups is 1. The molecule has 5 heteroatoms. The first-order valence-electron chi connectivity index (χ1n) is 6.27.